The van der Waals surface area contributed by atoms with E-state index in [1.165, 1.54) is 0 Å². The lowest BCUT2D eigenvalue weighted by Gasteiger charge is -2.24. The molecule has 0 aromatic heterocycles. The molecule has 0 amide bonds. The fourth-order valence-corrected chi connectivity index (χ4v) is 1.10. The Morgan fingerprint density at radius 2 is 1.42 bits per heavy atom. The third kappa shape index (κ3) is 2.50. The van der Waals surface area contributed by atoms with Crippen LogP contribution in [0.5, 0.6) is 0 Å². The molecule has 0 spiro atoms. The molecule has 0 aromatic rings. The maximum absolute atomic E-state index is 8.35. The van der Waals surface area contributed by atoms with Crippen LogP contribution in [0.15, 0.2) is 0 Å². The Hall–Kier alpha value is -1.10. The first-order valence-corrected chi connectivity index (χ1v) is 3.93. The lowest BCUT2D eigenvalue weighted by molar-refractivity contribution is -0.371. The van der Waals surface area contributed by atoms with Crippen molar-refractivity contribution in [3.63, 3.8) is 0 Å². The van der Waals surface area contributed by atoms with Gasteiger partial charge < -0.3 is 0 Å². The third-order valence-corrected chi connectivity index (χ3v) is 1.78. The zero-order valence-corrected chi connectivity index (χ0v) is 6.69. The predicted octanol–water partition coefficient (Wildman–Crippen LogP) is 1.29. The van der Waals surface area contributed by atoms with Crippen LogP contribution in [0.4, 0.5) is 0 Å². The first-order chi connectivity index (χ1) is 5.86. The van der Waals surface area contributed by atoms with Crippen molar-refractivity contribution in [3.8, 4) is 12.1 Å². The molecule has 1 fully saturated rings. The molecule has 1 aliphatic heterocycles. The van der Waals surface area contributed by atoms with Crippen molar-refractivity contribution >= 4 is 0 Å². The van der Waals surface area contributed by atoms with Gasteiger partial charge in [-0.3, -0.25) is 0 Å². The fourth-order valence-electron chi connectivity index (χ4n) is 1.10. The fraction of sp³-hybridized carbons (Fsp3) is 0.750. The Morgan fingerprint density at radius 3 is 1.67 bits per heavy atom. The summed E-state index contributed by atoms with van der Waals surface area (Å²) in [5, 5.41) is 16.7. The molecule has 1 saturated heterocycles. The van der Waals surface area contributed by atoms with Gasteiger partial charge in [-0.1, -0.05) is 0 Å². The summed E-state index contributed by atoms with van der Waals surface area (Å²) in [6.07, 6.45) is 2.12. The van der Waals surface area contributed by atoms with Gasteiger partial charge >= 0.3 is 0 Å². The second-order valence-corrected chi connectivity index (χ2v) is 2.74. The van der Waals surface area contributed by atoms with Crippen molar-refractivity contribution in [3.05, 3.63) is 0 Å². The van der Waals surface area contributed by atoms with Crippen LogP contribution >= 0.6 is 0 Å². The van der Waals surface area contributed by atoms with Crippen molar-refractivity contribution in [2.45, 2.75) is 37.9 Å². The molecule has 0 saturated carbocycles. The maximum Gasteiger partial charge on any atom is 0.106 e. The van der Waals surface area contributed by atoms with Gasteiger partial charge in [0.05, 0.1) is 25.0 Å². The molecule has 1 heterocycles. The quantitative estimate of drug-likeness (QED) is 0.580. The molecule has 4 nitrogen and oxygen atoms in total. The van der Waals surface area contributed by atoms with Crippen molar-refractivity contribution in [1.82, 2.24) is 0 Å². The summed E-state index contributed by atoms with van der Waals surface area (Å²) in [4.78, 5) is 9.82. The van der Waals surface area contributed by atoms with Crippen molar-refractivity contribution in [2.75, 3.05) is 0 Å². The Labute approximate surface area is 71.2 Å². The van der Waals surface area contributed by atoms with Gasteiger partial charge in [-0.25, -0.2) is 9.78 Å². The van der Waals surface area contributed by atoms with E-state index in [0.29, 0.717) is 12.8 Å². The number of rotatable bonds is 2. The summed E-state index contributed by atoms with van der Waals surface area (Å²) in [6, 6.07) is 4.03. The van der Waals surface area contributed by atoms with Gasteiger partial charge in [0.2, 0.25) is 0 Å². The monoisotopic (exact) mass is 166 g/mol. The van der Waals surface area contributed by atoms with E-state index < -0.39 is 0 Å². The highest BCUT2D eigenvalue weighted by atomic mass is 17.2. The lowest BCUT2D eigenvalue weighted by Crippen LogP contribution is -2.26. The lowest BCUT2D eigenvalue weighted by atomic mass is 10.1. The van der Waals surface area contributed by atoms with Crippen LogP contribution in [0.25, 0.3) is 0 Å². The van der Waals surface area contributed by atoms with E-state index >= 15 is 0 Å². The zero-order chi connectivity index (χ0) is 8.81. The van der Waals surface area contributed by atoms with E-state index in [-0.39, 0.29) is 12.2 Å². The molecule has 4 heteroatoms. The molecular formula is C8H10N2O2. The predicted molar refractivity (Wildman–Crippen MR) is 39.4 cm³/mol. The Bertz CT molecular complexity index is 184. The van der Waals surface area contributed by atoms with Crippen molar-refractivity contribution in [1.29, 1.82) is 10.5 Å². The van der Waals surface area contributed by atoms with Crippen molar-refractivity contribution < 1.29 is 9.78 Å². The van der Waals surface area contributed by atoms with E-state index in [9.17, 15) is 0 Å². The molecule has 0 bridgehead atoms. The zero-order valence-electron chi connectivity index (χ0n) is 6.69. The van der Waals surface area contributed by atoms with Crippen LogP contribution in [-0.2, 0) is 9.78 Å². The Kier molecular flexibility index (Phi) is 3.53. The molecule has 1 rings (SSSR count). The second kappa shape index (κ2) is 4.71. The van der Waals surface area contributed by atoms with Gasteiger partial charge in [-0.2, -0.15) is 10.5 Å². The van der Waals surface area contributed by atoms with Crippen LogP contribution < -0.4 is 0 Å². The summed E-state index contributed by atoms with van der Waals surface area (Å²) in [7, 11) is 0. The molecular weight excluding hydrogens is 156 g/mol. The first-order valence-electron chi connectivity index (χ1n) is 3.93. The Morgan fingerprint density at radius 1 is 1.00 bits per heavy atom. The van der Waals surface area contributed by atoms with Gasteiger partial charge in [-0.05, 0) is 12.8 Å². The largest absolute Gasteiger partial charge is 0.232 e. The Balaban J connectivity index is 2.22. The first kappa shape index (κ1) is 8.99. The van der Waals surface area contributed by atoms with Gasteiger partial charge in [-0.15, -0.1) is 0 Å². The smallest absolute Gasteiger partial charge is 0.106 e. The van der Waals surface area contributed by atoms with E-state index in [1.54, 1.807) is 0 Å². The van der Waals surface area contributed by atoms with Gasteiger partial charge in [0.25, 0.3) is 0 Å². The van der Waals surface area contributed by atoms with Crippen molar-refractivity contribution in [2.24, 2.45) is 0 Å². The van der Waals surface area contributed by atoms with E-state index in [1.807, 2.05) is 12.1 Å². The second-order valence-electron chi connectivity index (χ2n) is 2.74. The van der Waals surface area contributed by atoms with E-state index in [4.69, 9.17) is 20.3 Å². The molecule has 64 valence electrons. The molecule has 2 unspecified atom stereocenters. The molecule has 1 aliphatic rings. The van der Waals surface area contributed by atoms with Gasteiger partial charge in [0, 0.05) is 0 Å². The topological polar surface area (TPSA) is 66.0 Å². The molecule has 0 aliphatic carbocycles. The van der Waals surface area contributed by atoms with Gasteiger partial charge in [0.1, 0.15) is 12.2 Å². The molecule has 2 atom stereocenters. The number of nitriles is 2. The number of hydrogen-bond donors (Lipinski definition) is 0. The van der Waals surface area contributed by atoms with E-state index in [2.05, 4.69) is 0 Å². The molecule has 0 radical (unpaired) electrons. The SMILES string of the molecule is N#CCC1CCC(CC#N)OO1. The highest BCUT2D eigenvalue weighted by Crippen LogP contribution is 2.20. The van der Waals surface area contributed by atoms with Crippen LogP contribution in [-0.4, -0.2) is 12.2 Å². The summed E-state index contributed by atoms with van der Waals surface area (Å²) in [5.74, 6) is 0. The average Bonchev–Trinajstić information content (AvgIpc) is 2.09. The van der Waals surface area contributed by atoms with E-state index in [0.717, 1.165) is 12.8 Å². The van der Waals surface area contributed by atoms with Crippen LogP contribution in [0.1, 0.15) is 25.7 Å². The highest BCUT2D eigenvalue weighted by Gasteiger charge is 2.22. The molecule has 0 N–H and O–H groups in total. The minimum Gasteiger partial charge on any atom is -0.232 e. The minimum absolute atomic E-state index is 0.107. The number of nitrogens with zero attached hydrogens (tertiary/aromatic N) is 2. The summed E-state index contributed by atoms with van der Waals surface area (Å²) >= 11 is 0. The number of hydrogen-bond acceptors (Lipinski definition) is 4. The minimum atomic E-state index is -0.107. The standard InChI is InChI=1S/C8H10N2O2/c9-5-3-7-1-2-8(4-6-10)12-11-7/h7-8H,1-4H2. The van der Waals surface area contributed by atoms with Crippen LogP contribution in [0.3, 0.4) is 0 Å². The average molecular weight is 166 g/mol. The van der Waals surface area contributed by atoms with Crippen LogP contribution in [0.2, 0.25) is 0 Å². The summed E-state index contributed by atoms with van der Waals surface area (Å²) < 4.78 is 0. The molecule has 12 heavy (non-hydrogen) atoms. The normalized spacial score (nSPS) is 28.8. The summed E-state index contributed by atoms with van der Waals surface area (Å²) in [6.45, 7) is 0. The maximum atomic E-state index is 8.35. The third-order valence-electron chi connectivity index (χ3n) is 1.78. The van der Waals surface area contributed by atoms with Crippen LogP contribution in [0, 0.1) is 22.7 Å². The van der Waals surface area contributed by atoms with Gasteiger partial charge in [0.15, 0.2) is 0 Å². The molecule has 0 aromatic carbocycles. The summed E-state index contributed by atoms with van der Waals surface area (Å²) in [5.41, 5.74) is 0. The highest BCUT2D eigenvalue weighted by molar-refractivity contribution is 4.81.